The van der Waals surface area contributed by atoms with E-state index in [9.17, 15) is 4.79 Å². The Morgan fingerprint density at radius 1 is 1.38 bits per heavy atom. The lowest BCUT2D eigenvalue weighted by molar-refractivity contribution is 0.155. The maximum atomic E-state index is 11.3. The minimum atomic E-state index is -0.527. The molecule has 0 spiro atoms. The van der Waals surface area contributed by atoms with Gasteiger partial charge in [-0.3, -0.25) is 5.32 Å². The molecule has 5 nitrogen and oxygen atoms in total. The molecule has 2 aromatic rings. The molecule has 1 N–H and O–H groups in total. The van der Waals surface area contributed by atoms with Crippen LogP contribution in [0, 0.1) is 0 Å². The number of rotatable bonds is 3. The fraction of sp³-hybridized carbons (Fsp3) is 0.100. The van der Waals surface area contributed by atoms with E-state index >= 15 is 0 Å². The maximum Gasteiger partial charge on any atom is 0.413 e. The SMILES string of the molecule is O=C(Nc1ncns1)OCc1ccccc1. The summed E-state index contributed by atoms with van der Waals surface area (Å²) in [7, 11) is 0. The minimum Gasteiger partial charge on any atom is -0.444 e. The number of hydrogen-bond donors (Lipinski definition) is 1. The van der Waals surface area contributed by atoms with Crippen LogP contribution in [0.2, 0.25) is 0 Å². The van der Waals surface area contributed by atoms with Crippen molar-refractivity contribution >= 4 is 22.8 Å². The summed E-state index contributed by atoms with van der Waals surface area (Å²) in [5.41, 5.74) is 0.940. The number of ether oxygens (including phenoxy) is 1. The third-order valence-electron chi connectivity index (χ3n) is 1.78. The second-order valence-electron chi connectivity index (χ2n) is 2.93. The zero-order chi connectivity index (χ0) is 11.2. The number of carbonyl (C=O) groups is 1. The second-order valence-corrected chi connectivity index (χ2v) is 3.71. The van der Waals surface area contributed by atoms with Crippen molar-refractivity contribution in [2.24, 2.45) is 0 Å². The Hall–Kier alpha value is -1.95. The monoisotopic (exact) mass is 235 g/mol. The van der Waals surface area contributed by atoms with Gasteiger partial charge in [-0.05, 0) is 5.56 Å². The van der Waals surface area contributed by atoms with E-state index in [4.69, 9.17) is 4.74 Å². The molecule has 1 amide bonds. The van der Waals surface area contributed by atoms with Gasteiger partial charge in [0, 0.05) is 11.5 Å². The molecule has 1 aromatic heterocycles. The fourth-order valence-electron chi connectivity index (χ4n) is 1.07. The van der Waals surface area contributed by atoms with Crippen LogP contribution in [0.1, 0.15) is 5.56 Å². The number of benzene rings is 1. The van der Waals surface area contributed by atoms with E-state index < -0.39 is 6.09 Å². The average molecular weight is 235 g/mol. The van der Waals surface area contributed by atoms with Gasteiger partial charge in [-0.25, -0.2) is 9.78 Å². The first-order chi connectivity index (χ1) is 7.84. The molecule has 82 valence electrons. The van der Waals surface area contributed by atoms with Gasteiger partial charge in [0.15, 0.2) is 0 Å². The van der Waals surface area contributed by atoms with Crippen molar-refractivity contribution in [1.82, 2.24) is 9.36 Å². The van der Waals surface area contributed by atoms with Crippen LogP contribution in [0.4, 0.5) is 9.93 Å². The Balaban J connectivity index is 1.80. The summed E-state index contributed by atoms with van der Waals surface area (Å²) >= 11 is 1.10. The minimum absolute atomic E-state index is 0.242. The number of nitrogens with zero attached hydrogens (tertiary/aromatic N) is 2. The summed E-state index contributed by atoms with van der Waals surface area (Å²) in [6, 6.07) is 9.46. The molecular weight excluding hydrogens is 226 g/mol. The Morgan fingerprint density at radius 3 is 2.88 bits per heavy atom. The second kappa shape index (κ2) is 5.22. The first kappa shape index (κ1) is 10.6. The fourth-order valence-corrected chi connectivity index (χ4v) is 1.49. The molecule has 0 unspecified atom stereocenters. The van der Waals surface area contributed by atoms with Gasteiger partial charge in [0.05, 0.1) is 0 Å². The standard InChI is InChI=1S/C10H9N3O2S/c14-10(13-9-11-7-12-16-9)15-6-8-4-2-1-3-5-8/h1-5,7H,6H2,(H,11,12,13,14). The number of nitrogens with one attached hydrogen (secondary N) is 1. The Labute approximate surface area is 96.3 Å². The summed E-state index contributed by atoms with van der Waals surface area (Å²) < 4.78 is 8.74. The number of aromatic nitrogens is 2. The van der Waals surface area contributed by atoms with Crippen LogP contribution in [0.3, 0.4) is 0 Å². The number of carbonyl (C=O) groups excluding carboxylic acids is 1. The quantitative estimate of drug-likeness (QED) is 0.886. The van der Waals surface area contributed by atoms with Crippen LogP contribution in [0.15, 0.2) is 36.7 Å². The van der Waals surface area contributed by atoms with Crippen molar-refractivity contribution < 1.29 is 9.53 Å². The molecule has 0 saturated heterocycles. The van der Waals surface area contributed by atoms with Gasteiger partial charge in [0.25, 0.3) is 0 Å². The lowest BCUT2D eigenvalue weighted by Gasteiger charge is -2.04. The highest BCUT2D eigenvalue weighted by molar-refractivity contribution is 7.09. The molecule has 0 saturated carbocycles. The van der Waals surface area contributed by atoms with Crippen LogP contribution >= 0.6 is 11.5 Å². The van der Waals surface area contributed by atoms with E-state index in [0.29, 0.717) is 5.13 Å². The molecule has 0 aliphatic heterocycles. The molecule has 0 bridgehead atoms. The van der Waals surface area contributed by atoms with Gasteiger partial charge in [0.2, 0.25) is 5.13 Å². The van der Waals surface area contributed by atoms with E-state index in [2.05, 4.69) is 14.7 Å². The molecule has 0 atom stereocenters. The van der Waals surface area contributed by atoms with Crippen molar-refractivity contribution in [2.75, 3.05) is 5.32 Å². The van der Waals surface area contributed by atoms with E-state index in [0.717, 1.165) is 17.1 Å². The van der Waals surface area contributed by atoms with E-state index in [1.54, 1.807) is 0 Å². The van der Waals surface area contributed by atoms with Gasteiger partial charge in [-0.1, -0.05) is 30.3 Å². The summed E-state index contributed by atoms with van der Waals surface area (Å²) in [5.74, 6) is 0. The Kier molecular flexibility index (Phi) is 3.45. The van der Waals surface area contributed by atoms with Gasteiger partial charge in [-0.15, -0.1) is 0 Å². The lowest BCUT2D eigenvalue weighted by atomic mass is 10.2. The Bertz CT molecular complexity index is 444. The largest absolute Gasteiger partial charge is 0.444 e. The first-order valence-electron chi connectivity index (χ1n) is 4.59. The lowest BCUT2D eigenvalue weighted by Crippen LogP contribution is -2.13. The third kappa shape index (κ3) is 3.03. The number of hydrogen-bond acceptors (Lipinski definition) is 5. The average Bonchev–Trinajstić information content (AvgIpc) is 2.81. The molecule has 0 radical (unpaired) electrons. The zero-order valence-corrected chi connectivity index (χ0v) is 9.11. The third-order valence-corrected chi connectivity index (χ3v) is 2.36. The highest BCUT2D eigenvalue weighted by Gasteiger charge is 2.05. The molecule has 0 aliphatic rings. The van der Waals surface area contributed by atoms with E-state index in [-0.39, 0.29) is 6.61 Å². The van der Waals surface area contributed by atoms with Crippen molar-refractivity contribution in [3.63, 3.8) is 0 Å². The van der Waals surface area contributed by atoms with Gasteiger partial charge >= 0.3 is 6.09 Å². The molecule has 1 aromatic carbocycles. The van der Waals surface area contributed by atoms with Gasteiger partial charge < -0.3 is 4.74 Å². The number of amides is 1. The number of anilines is 1. The summed E-state index contributed by atoms with van der Waals surface area (Å²) in [6.07, 6.45) is 0.845. The van der Waals surface area contributed by atoms with E-state index in [1.807, 2.05) is 30.3 Å². The van der Waals surface area contributed by atoms with Crippen LogP contribution in [-0.2, 0) is 11.3 Å². The molecule has 6 heteroatoms. The molecule has 0 fully saturated rings. The normalized spacial score (nSPS) is 9.75. The summed E-state index contributed by atoms with van der Waals surface area (Å²) in [4.78, 5) is 15.1. The maximum absolute atomic E-state index is 11.3. The molecule has 1 heterocycles. The topological polar surface area (TPSA) is 64.1 Å². The Morgan fingerprint density at radius 2 is 2.19 bits per heavy atom. The predicted molar refractivity (Wildman–Crippen MR) is 60.2 cm³/mol. The summed E-state index contributed by atoms with van der Waals surface area (Å²) in [5, 5.41) is 2.90. The smallest absolute Gasteiger partial charge is 0.413 e. The van der Waals surface area contributed by atoms with Crippen LogP contribution in [0.25, 0.3) is 0 Å². The summed E-state index contributed by atoms with van der Waals surface area (Å²) in [6.45, 7) is 0.242. The molecule has 16 heavy (non-hydrogen) atoms. The van der Waals surface area contributed by atoms with E-state index in [1.165, 1.54) is 6.33 Å². The van der Waals surface area contributed by atoms with Gasteiger partial charge in [0.1, 0.15) is 12.9 Å². The highest BCUT2D eigenvalue weighted by atomic mass is 32.1. The van der Waals surface area contributed by atoms with Crippen LogP contribution < -0.4 is 5.32 Å². The van der Waals surface area contributed by atoms with Crippen LogP contribution in [0.5, 0.6) is 0 Å². The molecule has 2 rings (SSSR count). The van der Waals surface area contributed by atoms with Crippen molar-refractivity contribution in [2.45, 2.75) is 6.61 Å². The van der Waals surface area contributed by atoms with Crippen molar-refractivity contribution in [3.05, 3.63) is 42.2 Å². The predicted octanol–water partition coefficient (Wildman–Crippen LogP) is 2.29. The molecular formula is C10H9N3O2S. The zero-order valence-electron chi connectivity index (χ0n) is 8.29. The van der Waals surface area contributed by atoms with Crippen molar-refractivity contribution in [3.8, 4) is 0 Å². The van der Waals surface area contributed by atoms with Gasteiger partial charge in [-0.2, -0.15) is 4.37 Å². The first-order valence-corrected chi connectivity index (χ1v) is 5.36. The van der Waals surface area contributed by atoms with Crippen LogP contribution in [-0.4, -0.2) is 15.5 Å². The van der Waals surface area contributed by atoms with Crippen molar-refractivity contribution in [1.29, 1.82) is 0 Å². The molecule has 0 aliphatic carbocycles. The highest BCUT2D eigenvalue weighted by Crippen LogP contribution is 2.07.